The number of ether oxygens (including phenoxy) is 2. The molecule has 0 saturated heterocycles. The fourth-order valence-electron chi connectivity index (χ4n) is 2.80. The number of carboxylic acids is 1. The zero-order chi connectivity index (χ0) is 16.7. The summed E-state index contributed by atoms with van der Waals surface area (Å²) >= 11 is 0. The van der Waals surface area contributed by atoms with Gasteiger partial charge in [-0.1, -0.05) is 18.2 Å². The lowest BCUT2D eigenvalue weighted by Gasteiger charge is -2.14. The lowest BCUT2D eigenvalue weighted by atomic mass is 10.0. The molecule has 2 N–H and O–H groups in total. The Balaban J connectivity index is 1.86. The highest BCUT2D eigenvalue weighted by Gasteiger charge is 2.33. The summed E-state index contributed by atoms with van der Waals surface area (Å²) in [6.07, 6.45) is 1.63. The Morgan fingerprint density at radius 3 is 2.65 bits per heavy atom. The van der Waals surface area contributed by atoms with Gasteiger partial charge in [-0.15, -0.1) is 0 Å². The van der Waals surface area contributed by atoms with Gasteiger partial charge >= 0.3 is 5.97 Å². The minimum Gasteiger partial charge on any atom is -0.491 e. The van der Waals surface area contributed by atoms with E-state index in [0.29, 0.717) is 39.0 Å². The zero-order valence-electron chi connectivity index (χ0n) is 13.3. The first-order valence-corrected chi connectivity index (χ1v) is 7.82. The number of rotatable bonds is 8. The molecule has 1 aliphatic rings. The van der Waals surface area contributed by atoms with E-state index in [1.807, 2.05) is 24.3 Å². The van der Waals surface area contributed by atoms with Crippen LogP contribution >= 0.6 is 0 Å². The smallest absolute Gasteiger partial charge is 0.306 e. The van der Waals surface area contributed by atoms with Crippen LogP contribution in [0.3, 0.4) is 0 Å². The Morgan fingerprint density at radius 1 is 1.22 bits per heavy atom. The van der Waals surface area contributed by atoms with Gasteiger partial charge in [0.2, 0.25) is 5.91 Å². The van der Waals surface area contributed by atoms with Crippen molar-refractivity contribution in [3.8, 4) is 5.75 Å². The molecule has 6 nitrogen and oxygen atoms in total. The van der Waals surface area contributed by atoms with Crippen molar-refractivity contribution >= 4 is 11.9 Å². The van der Waals surface area contributed by atoms with Gasteiger partial charge < -0.3 is 19.9 Å². The molecule has 1 aromatic carbocycles. The van der Waals surface area contributed by atoms with Crippen LogP contribution in [0.15, 0.2) is 24.3 Å². The molecule has 0 spiro atoms. The van der Waals surface area contributed by atoms with Crippen LogP contribution < -0.4 is 10.1 Å². The van der Waals surface area contributed by atoms with Crippen LogP contribution in [0.1, 0.15) is 24.8 Å². The van der Waals surface area contributed by atoms with Gasteiger partial charge in [0.25, 0.3) is 0 Å². The van der Waals surface area contributed by atoms with Gasteiger partial charge in [0.1, 0.15) is 12.4 Å². The SMILES string of the molecule is COCCOc1ccccc1CNC(=O)[C@@H]1CC[C@H](C(=O)O)C1. The topological polar surface area (TPSA) is 84.9 Å². The van der Waals surface area contributed by atoms with Crippen LogP contribution in [0, 0.1) is 11.8 Å². The summed E-state index contributed by atoms with van der Waals surface area (Å²) in [6, 6.07) is 7.52. The van der Waals surface area contributed by atoms with Crippen LogP contribution in [-0.2, 0) is 20.9 Å². The van der Waals surface area contributed by atoms with Gasteiger partial charge in [0, 0.05) is 25.1 Å². The van der Waals surface area contributed by atoms with Crippen molar-refractivity contribution in [2.24, 2.45) is 11.8 Å². The van der Waals surface area contributed by atoms with E-state index in [9.17, 15) is 9.59 Å². The molecular formula is C17H23NO5. The minimum atomic E-state index is -0.808. The van der Waals surface area contributed by atoms with E-state index in [-0.39, 0.29) is 11.8 Å². The largest absolute Gasteiger partial charge is 0.491 e. The molecule has 1 aliphatic carbocycles. The van der Waals surface area contributed by atoms with Gasteiger partial charge in [-0.2, -0.15) is 0 Å². The number of hydrogen-bond acceptors (Lipinski definition) is 4. The molecule has 0 radical (unpaired) electrons. The molecule has 6 heteroatoms. The highest BCUT2D eigenvalue weighted by atomic mass is 16.5. The van der Waals surface area contributed by atoms with E-state index in [0.717, 1.165) is 11.3 Å². The quantitative estimate of drug-likeness (QED) is 0.714. The summed E-state index contributed by atoms with van der Waals surface area (Å²) in [5.41, 5.74) is 0.893. The highest BCUT2D eigenvalue weighted by Crippen LogP contribution is 2.31. The lowest BCUT2D eigenvalue weighted by Crippen LogP contribution is -2.29. The number of methoxy groups -OCH3 is 1. The van der Waals surface area contributed by atoms with Crippen molar-refractivity contribution in [3.05, 3.63) is 29.8 Å². The zero-order valence-corrected chi connectivity index (χ0v) is 13.3. The van der Waals surface area contributed by atoms with Gasteiger partial charge in [-0.25, -0.2) is 0 Å². The third-order valence-corrected chi connectivity index (χ3v) is 4.12. The normalized spacial score (nSPS) is 20.2. The van der Waals surface area contributed by atoms with E-state index in [2.05, 4.69) is 5.32 Å². The number of amides is 1. The molecule has 1 amide bonds. The van der Waals surface area contributed by atoms with E-state index >= 15 is 0 Å². The second kappa shape index (κ2) is 8.53. The molecule has 0 heterocycles. The molecule has 1 aromatic rings. The lowest BCUT2D eigenvalue weighted by molar-refractivity contribution is -0.141. The van der Waals surface area contributed by atoms with E-state index in [4.69, 9.17) is 14.6 Å². The second-order valence-electron chi connectivity index (χ2n) is 5.71. The first-order chi connectivity index (χ1) is 11.1. The maximum absolute atomic E-state index is 12.2. The van der Waals surface area contributed by atoms with Crippen LogP contribution in [0.25, 0.3) is 0 Å². The Morgan fingerprint density at radius 2 is 1.96 bits per heavy atom. The van der Waals surface area contributed by atoms with Gasteiger partial charge in [-0.3, -0.25) is 9.59 Å². The number of aliphatic carboxylic acids is 1. The van der Waals surface area contributed by atoms with Gasteiger partial charge in [0.05, 0.1) is 12.5 Å². The first-order valence-electron chi connectivity index (χ1n) is 7.82. The number of carboxylic acid groups (broad SMARTS) is 1. The predicted octanol–water partition coefficient (Wildman–Crippen LogP) is 1.83. The van der Waals surface area contributed by atoms with Crippen molar-refractivity contribution in [3.63, 3.8) is 0 Å². The summed E-state index contributed by atoms with van der Waals surface area (Å²) in [5.74, 6) is -0.773. The Labute approximate surface area is 135 Å². The number of carbonyl (C=O) groups excluding carboxylic acids is 1. The predicted molar refractivity (Wildman–Crippen MR) is 84.1 cm³/mol. The van der Waals surface area contributed by atoms with Crippen LogP contribution in [0.2, 0.25) is 0 Å². The van der Waals surface area contributed by atoms with E-state index < -0.39 is 11.9 Å². The molecule has 0 aliphatic heterocycles. The maximum atomic E-state index is 12.2. The number of carbonyl (C=O) groups is 2. The fraction of sp³-hybridized carbons (Fsp3) is 0.529. The molecule has 0 bridgehead atoms. The van der Waals surface area contributed by atoms with Crippen molar-refractivity contribution in [2.75, 3.05) is 20.3 Å². The third kappa shape index (κ3) is 4.96. The average molecular weight is 321 g/mol. The number of para-hydroxylation sites is 1. The molecule has 1 fully saturated rings. The Bertz CT molecular complexity index is 546. The monoisotopic (exact) mass is 321 g/mol. The van der Waals surface area contributed by atoms with Crippen LogP contribution in [0.4, 0.5) is 0 Å². The third-order valence-electron chi connectivity index (χ3n) is 4.12. The molecular weight excluding hydrogens is 298 g/mol. The number of hydrogen-bond donors (Lipinski definition) is 2. The van der Waals surface area contributed by atoms with Crippen molar-refractivity contribution < 1.29 is 24.2 Å². The second-order valence-corrected chi connectivity index (χ2v) is 5.71. The summed E-state index contributed by atoms with van der Waals surface area (Å²) in [4.78, 5) is 23.2. The molecule has 0 aromatic heterocycles. The van der Waals surface area contributed by atoms with Crippen molar-refractivity contribution in [1.29, 1.82) is 0 Å². The number of nitrogens with one attached hydrogen (secondary N) is 1. The Hall–Kier alpha value is -2.08. The first kappa shape index (κ1) is 17.3. The standard InChI is InChI=1S/C17H23NO5/c1-22-8-9-23-15-5-3-2-4-14(15)11-18-16(19)12-6-7-13(10-12)17(20)21/h2-5,12-13H,6-11H2,1H3,(H,18,19)(H,20,21)/t12-,13+/m1/s1. The average Bonchev–Trinajstić information content (AvgIpc) is 3.04. The minimum absolute atomic E-state index is 0.0829. The summed E-state index contributed by atoms with van der Waals surface area (Å²) in [5, 5.41) is 11.9. The maximum Gasteiger partial charge on any atom is 0.306 e. The molecule has 23 heavy (non-hydrogen) atoms. The van der Waals surface area contributed by atoms with Gasteiger partial charge in [0.15, 0.2) is 0 Å². The number of benzene rings is 1. The van der Waals surface area contributed by atoms with Crippen LogP contribution in [0.5, 0.6) is 5.75 Å². The Kier molecular flexibility index (Phi) is 6.40. The summed E-state index contributed by atoms with van der Waals surface area (Å²) in [7, 11) is 1.61. The molecule has 1 saturated carbocycles. The van der Waals surface area contributed by atoms with E-state index in [1.54, 1.807) is 7.11 Å². The molecule has 0 unspecified atom stereocenters. The van der Waals surface area contributed by atoms with Crippen molar-refractivity contribution in [1.82, 2.24) is 5.32 Å². The van der Waals surface area contributed by atoms with E-state index in [1.165, 1.54) is 0 Å². The van der Waals surface area contributed by atoms with Gasteiger partial charge in [-0.05, 0) is 25.3 Å². The molecule has 2 atom stereocenters. The van der Waals surface area contributed by atoms with Crippen molar-refractivity contribution in [2.45, 2.75) is 25.8 Å². The highest BCUT2D eigenvalue weighted by molar-refractivity contribution is 5.80. The summed E-state index contributed by atoms with van der Waals surface area (Å²) < 4.78 is 10.6. The molecule has 126 valence electrons. The summed E-state index contributed by atoms with van der Waals surface area (Å²) in [6.45, 7) is 1.32. The fourth-order valence-corrected chi connectivity index (χ4v) is 2.80. The van der Waals surface area contributed by atoms with Crippen LogP contribution in [-0.4, -0.2) is 37.3 Å². The molecule has 2 rings (SSSR count).